The van der Waals surface area contributed by atoms with Crippen LogP contribution in [0.5, 0.6) is 0 Å². The first-order chi connectivity index (χ1) is 42.8. The van der Waals surface area contributed by atoms with Crippen LogP contribution in [0.3, 0.4) is 0 Å². The van der Waals surface area contributed by atoms with Gasteiger partial charge in [0.15, 0.2) is 6.23 Å². The van der Waals surface area contributed by atoms with Crippen molar-refractivity contribution < 1.29 is 88.9 Å². The van der Waals surface area contributed by atoms with Crippen LogP contribution in [0.15, 0.2) is 67.8 Å². The number of hydrogen-bond acceptors (Lipinski definition) is 19. The third-order valence-corrected chi connectivity index (χ3v) is 21.6. The van der Waals surface area contributed by atoms with Gasteiger partial charge in [0.05, 0.1) is 41.3 Å². The summed E-state index contributed by atoms with van der Waals surface area (Å²) in [5, 5.41) is 46.5. The fraction of sp³-hybridized carbons (Fsp3) is 0.619. The Balaban J connectivity index is 0.00000453. The van der Waals surface area contributed by atoms with Gasteiger partial charge in [-0.2, -0.15) is 5.70 Å². The monoisotopic (exact) mass is 1360 g/mol. The van der Waals surface area contributed by atoms with Crippen molar-refractivity contribution in [3.8, 4) is 0 Å². The van der Waals surface area contributed by atoms with Crippen molar-refractivity contribution in [3.63, 3.8) is 0 Å². The van der Waals surface area contributed by atoms with Gasteiger partial charge in [0.2, 0.25) is 35.4 Å². The summed E-state index contributed by atoms with van der Waals surface area (Å²) in [6.45, 7) is 23.5. The van der Waals surface area contributed by atoms with E-state index in [0.717, 1.165) is 11.1 Å². The number of carboxylic acid groups (broad SMARTS) is 1. The molecule has 14 N–H and O–H groups in total. The Hall–Kier alpha value is -7.00. The topological polar surface area (TPSA) is 483 Å². The smallest absolute Gasteiger partial charge is 0.756 e. The van der Waals surface area contributed by atoms with Crippen molar-refractivity contribution >= 4 is 77.4 Å². The Morgan fingerprint density at radius 3 is 2.01 bits per heavy atom. The van der Waals surface area contributed by atoms with E-state index in [9.17, 15) is 58.3 Å². The Bertz CT molecular complexity index is 3600. The summed E-state index contributed by atoms with van der Waals surface area (Å²) in [7, 11) is -5.32. The number of hydrogen-bond donors (Lipinski definition) is 9. The number of fused-ring (bicyclic) bond motifs is 7. The number of rotatable bonds is 26. The second-order valence-corrected chi connectivity index (χ2v) is 28.2. The molecule has 15 unspecified atom stereocenters. The number of aliphatic imine (C=N–C) groups is 3. The van der Waals surface area contributed by atoms with Crippen molar-refractivity contribution in [1.82, 2.24) is 14.9 Å². The Labute approximate surface area is 550 Å². The number of phosphoric acid groups is 1. The zero-order chi connectivity index (χ0) is 68.7. The molecule has 28 nitrogen and oxygen atoms in total. The number of carbonyl (C=O) groups is 7. The normalized spacial score (nSPS) is 33.1. The summed E-state index contributed by atoms with van der Waals surface area (Å²) in [6, 6.07) is 2.64. The minimum atomic E-state index is -5.32. The number of phosphoric ester groups is 1. The van der Waals surface area contributed by atoms with E-state index in [4.69, 9.17) is 74.6 Å². The number of aliphatic carboxylic acids is 1. The number of aliphatic hydroxyl groups excluding tert-OH is 2. The Morgan fingerprint density at radius 2 is 1.43 bits per heavy atom. The summed E-state index contributed by atoms with van der Waals surface area (Å²) in [5.41, 5.74) is 30.4. The standard InChI is InChI=1S/C62H89N12O15P.CN.Co/c1-29-20-39-40(21-30(29)2)74(28-69-39)57-52(84)53(41(27-75)87-57)89-90(85,86)88-31(3)26-68-48(81)18-19-59(8)37(22-45(65)78)56-62(11)61(10,25-47(67)80)36(13-16-44(64)77)51(73-62)33(5)55-60(9,24-46(66)79)34(14-17-49(82)83)38(70-55)23-42-58(6,7)35(12-15-43(63)76)50(71-42)32(4)54(59)72-56;1-2;/h20-21,23,28,31,34-37,41,52-53,56-57,75,84H,12-19,22,24-27H2,1-11H3,(H14,63,64,65,66,67,68,70,71,72,73,76,77,78,79,80,81,82,83,85,86);;/q;-1;+3/p-2. The molecule has 1 aromatic heterocycles. The number of aromatic nitrogens is 2. The molecule has 6 aliphatic heterocycles. The summed E-state index contributed by atoms with van der Waals surface area (Å²) < 4.78 is 31.9. The van der Waals surface area contributed by atoms with Crippen LogP contribution in [0.25, 0.3) is 16.4 Å². The predicted molar refractivity (Wildman–Crippen MR) is 335 cm³/mol. The van der Waals surface area contributed by atoms with Crippen LogP contribution in [-0.4, -0.2) is 133 Å². The van der Waals surface area contributed by atoms with Crippen LogP contribution in [0.2, 0.25) is 0 Å². The van der Waals surface area contributed by atoms with Crippen LogP contribution < -0.4 is 38.9 Å². The zero-order valence-electron chi connectivity index (χ0n) is 54.3. The molecule has 0 saturated carbocycles. The van der Waals surface area contributed by atoms with Crippen LogP contribution >= 0.6 is 7.82 Å². The quantitative estimate of drug-likeness (QED) is 0.0474. The number of aliphatic hydroxyl groups is 2. The second kappa shape index (κ2) is 28.5. The number of nitrogens with two attached hydrogens (primary N) is 5. The number of allylic oxidation sites excluding steroid dienone is 6. The van der Waals surface area contributed by atoms with Crippen LogP contribution in [0.4, 0.5) is 0 Å². The Morgan fingerprint density at radius 1 is 0.828 bits per heavy atom. The molecular weight excluding hydrogens is 1270 g/mol. The van der Waals surface area contributed by atoms with E-state index in [1.165, 1.54) is 17.8 Å². The number of ether oxygens (including phenoxy) is 1. The summed E-state index contributed by atoms with van der Waals surface area (Å²) >= 11 is 0. The van der Waals surface area contributed by atoms with Crippen molar-refractivity contribution in [3.05, 3.63) is 75.8 Å². The molecule has 0 radical (unpaired) electrons. The molecule has 8 bridgehead atoms. The first-order valence-corrected chi connectivity index (χ1v) is 32.1. The van der Waals surface area contributed by atoms with Gasteiger partial charge in [-0.05, 0) is 119 Å². The molecule has 8 rings (SSSR count). The molecule has 93 heavy (non-hydrogen) atoms. The fourth-order valence-electron chi connectivity index (χ4n) is 15.3. The van der Waals surface area contributed by atoms with Crippen LogP contribution in [-0.2, 0) is 68.7 Å². The van der Waals surface area contributed by atoms with Gasteiger partial charge in [-0.1, -0.05) is 40.7 Å². The molecule has 2 saturated heterocycles. The maximum atomic E-state index is 14.3. The molecule has 0 spiro atoms. The van der Waals surface area contributed by atoms with Gasteiger partial charge < -0.3 is 89.7 Å². The molecule has 0 aliphatic carbocycles. The molecule has 508 valence electrons. The number of nitrogens with one attached hydrogen (secondary N) is 1. The second-order valence-electron chi connectivity index (χ2n) is 26.9. The van der Waals surface area contributed by atoms with Gasteiger partial charge in [0.25, 0.3) is 7.82 Å². The number of carboxylic acids is 1. The third-order valence-electron chi connectivity index (χ3n) is 20.4. The van der Waals surface area contributed by atoms with Gasteiger partial charge in [0, 0.05) is 108 Å². The maximum Gasteiger partial charge on any atom is 3.00 e. The van der Waals surface area contributed by atoms with Crippen molar-refractivity contribution in [1.29, 1.82) is 5.26 Å². The van der Waals surface area contributed by atoms with Crippen LogP contribution in [0.1, 0.15) is 150 Å². The first kappa shape index (κ1) is 75.0. The Kier molecular flexibility index (Phi) is 23.0. The molecule has 2 aromatic rings. The average molecular weight is 1360 g/mol. The maximum absolute atomic E-state index is 14.3. The van der Waals surface area contributed by atoms with Gasteiger partial charge in [-0.25, -0.2) is 4.98 Å². The molecule has 15 atom stereocenters. The third kappa shape index (κ3) is 14.6. The van der Waals surface area contributed by atoms with E-state index in [0.29, 0.717) is 56.4 Å². The number of amides is 6. The SMILES string of the molecule is C/C1=C2N=C(/C=C3N=C(/C(C)=C4\[N-]C(C(CC(N)=O)C4(C)CCC(=O)NCC(C)OP(=O)([O-])OC4C(CO)OC(n5cnc6cc(C)c(C)cc65)C4O)C4(C)N=C1C(CCC(N)=O)C4(C)CC(N)=O)C(CCC(N)=O)C\3(C)C)C(CCC(=O)O)C/2(C)CC(N)=O.[C-]#N.[Co+3]. The van der Waals surface area contributed by atoms with Crippen molar-refractivity contribution in [2.45, 2.75) is 189 Å². The number of carbonyl (C=O) groups excluding carboxylic acids is 6. The fourth-order valence-corrected chi connectivity index (χ4v) is 16.4. The molecular formula is C63H87CoN13O15P. The predicted octanol–water partition coefficient (Wildman–Crippen LogP) is 4.01. The molecule has 7 heterocycles. The van der Waals surface area contributed by atoms with E-state index < -0.39 is 143 Å². The number of primary amides is 5. The molecule has 1 aromatic carbocycles. The number of nitrogens with zero attached hydrogens (tertiary/aromatic N) is 7. The van der Waals surface area contributed by atoms with Crippen molar-refractivity contribution in [2.75, 3.05) is 13.2 Å². The minimum Gasteiger partial charge on any atom is -0.756 e. The van der Waals surface area contributed by atoms with Gasteiger partial charge in [-0.3, -0.25) is 53.1 Å². The molecule has 6 aliphatic rings. The minimum absolute atomic E-state index is 0. The number of aryl methyl sites for hydroxylation is 2. The molecule has 2 fully saturated rings. The summed E-state index contributed by atoms with van der Waals surface area (Å²) in [5.74, 6) is -8.12. The molecule has 30 heteroatoms. The van der Waals surface area contributed by atoms with Crippen molar-refractivity contribution in [2.24, 2.45) is 89.0 Å². The van der Waals surface area contributed by atoms with E-state index in [1.807, 2.05) is 53.7 Å². The average Bonchev–Trinajstić information content (AvgIpc) is 1.53. The van der Waals surface area contributed by atoms with Crippen LogP contribution in [0, 0.1) is 71.0 Å². The van der Waals surface area contributed by atoms with E-state index in [1.54, 1.807) is 33.8 Å². The van der Waals surface area contributed by atoms with Gasteiger partial charge in [0.1, 0.15) is 18.3 Å². The van der Waals surface area contributed by atoms with Gasteiger partial charge in [-0.15, -0.1) is 0 Å². The zero-order valence-corrected chi connectivity index (χ0v) is 56.2. The van der Waals surface area contributed by atoms with E-state index in [2.05, 4.69) is 10.3 Å². The summed E-state index contributed by atoms with van der Waals surface area (Å²) in [6.07, 6.45) is -5.34. The first-order valence-electron chi connectivity index (χ1n) is 30.7. The van der Waals surface area contributed by atoms with E-state index in [-0.39, 0.29) is 94.0 Å². The summed E-state index contributed by atoms with van der Waals surface area (Å²) in [4.78, 5) is 127. The number of benzene rings is 1. The van der Waals surface area contributed by atoms with Gasteiger partial charge >= 0.3 is 22.7 Å². The number of imidazole rings is 1. The molecule has 6 amide bonds. The van der Waals surface area contributed by atoms with E-state index >= 15 is 0 Å². The largest absolute Gasteiger partial charge is 3.00 e.